The maximum absolute atomic E-state index is 14.5. The van der Waals surface area contributed by atoms with Crippen molar-refractivity contribution in [1.29, 1.82) is 0 Å². The highest BCUT2D eigenvalue weighted by Gasteiger charge is 2.37. The van der Waals surface area contributed by atoms with Gasteiger partial charge in [-0.25, -0.2) is 16.8 Å². The molecule has 2 bridgehead atoms. The zero-order valence-corrected chi connectivity index (χ0v) is 20.3. The predicted octanol–water partition coefficient (Wildman–Crippen LogP) is 3.77. The monoisotopic (exact) mass is 512 g/mol. The van der Waals surface area contributed by atoms with Gasteiger partial charge in [-0.15, -0.1) is 24.8 Å². The molecule has 0 radical (unpaired) electrons. The van der Waals surface area contributed by atoms with Crippen LogP contribution in [0, 0.1) is 5.82 Å². The fraction of sp³-hybridized carbons (Fsp3) is 0.304. The van der Waals surface area contributed by atoms with E-state index < -0.39 is 15.8 Å². The maximum Gasteiger partial charge on any atom is 0.268 e. The minimum absolute atomic E-state index is 0. The molecule has 2 aliphatic rings. The van der Waals surface area contributed by atoms with E-state index in [4.69, 9.17) is 5.73 Å². The summed E-state index contributed by atoms with van der Waals surface area (Å²) in [6, 6.07) is 15.6. The van der Waals surface area contributed by atoms with Crippen LogP contribution in [0.5, 0.6) is 0 Å². The zero-order valence-electron chi connectivity index (χ0n) is 17.9. The van der Waals surface area contributed by atoms with Crippen molar-refractivity contribution in [2.24, 2.45) is 5.73 Å². The van der Waals surface area contributed by atoms with Crippen LogP contribution in [-0.2, 0) is 16.6 Å². The first kappa shape index (κ1) is 25.5. The first-order valence-electron chi connectivity index (χ1n) is 10.5. The van der Waals surface area contributed by atoms with Gasteiger partial charge in [-0.3, -0.25) is 0 Å². The molecule has 33 heavy (non-hydrogen) atoms. The number of rotatable bonds is 5. The van der Waals surface area contributed by atoms with Crippen molar-refractivity contribution in [3.63, 3.8) is 0 Å². The fourth-order valence-corrected chi connectivity index (χ4v) is 6.22. The number of hydrogen-bond acceptors (Lipinski definition) is 5. The van der Waals surface area contributed by atoms with Gasteiger partial charge in [0.25, 0.3) is 10.0 Å². The van der Waals surface area contributed by atoms with Crippen LogP contribution in [0.4, 0.5) is 10.1 Å². The van der Waals surface area contributed by atoms with Crippen LogP contribution < -0.4 is 16.0 Å². The summed E-state index contributed by atoms with van der Waals surface area (Å²) in [7, 11) is -3.95. The topological polar surface area (TPSA) is 80.4 Å². The zero-order chi connectivity index (χ0) is 21.6. The Morgan fingerprint density at radius 2 is 1.70 bits per heavy atom. The van der Waals surface area contributed by atoms with Crippen LogP contribution in [0.1, 0.15) is 18.4 Å². The molecule has 0 amide bonds. The lowest BCUT2D eigenvalue weighted by Crippen LogP contribution is -2.52. The van der Waals surface area contributed by atoms with Crippen molar-refractivity contribution in [3.05, 3.63) is 72.2 Å². The van der Waals surface area contributed by atoms with Crippen molar-refractivity contribution in [2.45, 2.75) is 36.4 Å². The van der Waals surface area contributed by atoms with E-state index in [-0.39, 0.29) is 47.5 Å². The highest BCUT2D eigenvalue weighted by molar-refractivity contribution is 7.90. The van der Waals surface area contributed by atoms with Gasteiger partial charge < -0.3 is 16.0 Å². The Hall–Kier alpha value is -2.10. The molecule has 2 saturated heterocycles. The lowest BCUT2D eigenvalue weighted by atomic mass is 10.1. The molecule has 3 N–H and O–H groups in total. The number of anilines is 1. The number of nitrogens with two attached hydrogens (primary N) is 1. The van der Waals surface area contributed by atoms with Gasteiger partial charge in [0, 0.05) is 49.2 Å². The summed E-state index contributed by atoms with van der Waals surface area (Å²) in [6.45, 7) is 1.97. The summed E-state index contributed by atoms with van der Waals surface area (Å²) in [5.41, 5.74) is 7.80. The molecule has 2 atom stereocenters. The Kier molecular flexibility index (Phi) is 7.76. The lowest BCUT2D eigenvalue weighted by molar-refractivity contribution is 0.484. The van der Waals surface area contributed by atoms with Crippen molar-refractivity contribution in [2.75, 3.05) is 18.0 Å². The van der Waals surface area contributed by atoms with Crippen LogP contribution >= 0.6 is 24.8 Å². The summed E-state index contributed by atoms with van der Waals surface area (Å²) in [6.07, 6.45) is 3.69. The van der Waals surface area contributed by atoms with E-state index in [0.717, 1.165) is 35.6 Å². The van der Waals surface area contributed by atoms with Gasteiger partial charge in [0.05, 0.1) is 10.6 Å². The van der Waals surface area contributed by atoms with E-state index in [1.807, 2.05) is 6.07 Å². The van der Waals surface area contributed by atoms with Crippen LogP contribution in [-0.4, -0.2) is 37.6 Å². The summed E-state index contributed by atoms with van der Waals surface area (Å²) < 4.78 is 43.0. The maximum atomic E-state index is 14.5. The smallest absolute Gasteiger partial charge is 0.268 e. The van der Waals surface area contributed by atoms with Crippen molar-refractivity contribution in [1.82, 2.24) is 9.29 Å². The Balaban J connectivity index is 0.00000153. The molecular formula is C23H27Cl2FN4O2S. The Labute approximate surface area is 205 Å². The molecular weight excluding hydrogens is 486 g/mol. The predicted molar refractivity (Wildman–Crippen MR) is 133 cm³/mol. The van der Waals surface area contributed by atoms with E-state index >= 15 is 0 Å². The number of fused-ring (bicyclic) bond motifs is 2. The molecule has 10 heteroatoms. The number of benzene rings is 2. The van der Waals surface area contributed by atoms with Crippen molar-refractivity contribution < 1.29 is 12.8 Å². The Morgan fingerprint density at radius 1 is 1.00 bits per heavy atom. The van der Waals surface area contributed by atoms with Crippen molar-refractivity contribution >= 4 is 40.5 Å². The molecule has 0 saturated carbocycles. The number of halogens is 3. The first-order valence-corrected chi connectivity index (χ1v) is 11.9. The third kappa shape index (κ3) is 4.50. The van der Waals surface area contributed by atoms with Gasteiger partial charge in [-0.2, -0.15) is 0 Å². The van der Waals surface area contributed by atoms with Gasteiger partial charge in [0.15, 0.2) is 0 Å². The number of nitrogens with one attached hydrogen (secondary N) is 1. The second-order valence-electron chi connectivity index (χ2n) is 8.17. The largest absolute Gasteiger partial charge is 0.363 e. The molecule has 3 heterocycles. The molecule has 0 aliphatic carbocycles. The number of aromatic nitrogens is 1. The first-order chi connectivity index (χ1) is 15.0. The SMILES string of the molecule is Cl.Cl.NCc1cc(-c2ccccc2F)n(S(=O)(=O)c2cccc(N3C4CCC3CNC4)c2)c1. The average Bonchev–Trinajstić information content (AvgIpc) is 3.33. The average molecular weight is 513 g/mol. The van der Waals surface area contributed by atoms with E-state index in [0.29, 0.717) is 17.6 Å². The highest BCUT2D eigenvalue weighted by Crippen LogP contribution is 2.35. The Morgan fingerprint density at radius 3 is 2.36 bits per heavy atom. The van der Waals surface area contributed by atoms with E-state index in [2.05, 4.69) is 10.2 Å². The number of hydrogen-bond donors (Lipinski definition) is 2. The normalized spacial score (nSPS) is 19.6. The molecule has 3 aromatic rings. The molecule has 0 spiro atoms. The lowest BCUT2D eigenvalue weighted by Gasteiger charge is -2.37. The molecule has 2 aliphatic heterocycles. The molecule has 2 aromatic carbocycles. The Bertz CT molecular complexity index is 1220. The standard InChI is InChI=1S/C23H25FN4O2S.2ClH/c24-22-7-2-1-6-21(22)23-10-16(12-25)15-27(23)31(29,30)20-5-3-4-17(11-20)28-18-8-9-19(28)14-26-13-18;;/h1-7,10-11,15,18-19,26H,8-9,12-14,25H2;2*1H. The van der Waals surface area contributed by atoms with Crippen molar-refractivity contribution in [3.8, 4) is 11.3 Å². The highest BCUT2D eigenvalue weighted by atomic mass is 35.5. The van der Waals surface area contributed by atoms with E-state index in [1.165, 1.54) is 12.3 Å². The minimum Gasteiger partial charge on any atom is -0.363 e. The molecule has 178 valence electrons. The minimum atomic E-state index is -3.95. The van der Waals surface area contributed by atoms with Gasteiger partial charge in [0.1, 0.15) is 5.82 Å². The quantitative estimate of drug-likeness (QED) is 0.543. The fourth-order valence-electron chi connectivity index (χ4n) is 4.79. The number of piperazine rings is 1. The summed E-state index contributed by atoms with van der Waals surface area (Å²) >= 11 is 0. The van der Waals surface area contributed by atoms with Crippen LogP contribution in [0.15, 0.2) is 65.7 Å². The molecule has 1 aromatic heterocycles. The van der Waals surface area contributed by atoms with Crippen LogP contribution in [0.2, 0.25) is 0 Å². The molecule has 6 nitrogen and oxygen atoms in total. The second-order valence-corrected chi connectivity index (χ2v) is 9.98. The summed E-state index contributed by atoms with van der Waals surface area (Å²) in [4.78, 5) is 2.52. The van der Waals surface area contributed by atoms with Gasteiger partial charge in [0.2, 0.25) is 0 Å². The third-order valence-corrected chi connectivity index (χ3v) is 7.95. The van der Waals surface area contributed by atoms with E-state index in [1.54, 1.807) is 42.5 Å². The summed E-state index contributed by atoms with van der Waals surface area (Å²) in [5, 5.41) is 3.45. The third-order valence-electron chi connectivity index (χ3n) is 6.28. The van der Waals surface area contributed by atoms with Crippen LogP contribution in [0.3, 0.4) is 0 Å². The van der Waals surface area contributed by atoms with Gasteiger partial charge in [-0.05, 0) is 54.8 Å². The molecule has 2 fully saturated rings. The second kappa shape index (κ2) is 10.0. The van der Waals surface area contributed by atoms with Crippen LogP contribution in [0.25, 0.3) is 11.3 Å². The van der Waals surface area contributed by atoms with Gasteiger partial charge >= 0.3 is 0 Å². The van der Waals surface area contributed by atoms with E-state index in [9.17, 15) is 12.8 Å². The summed E-state index contributed by atoms with van der Waals surface area (Å²) in [5.74, 6) is -0.480. The molecule has 2 unspecified atom stereocenters. The number of nitrogens with zero attached hydrogens (tertiary/aromatic N) is 2. The van der Waals surface area contributed by atoms with Gasteiger partial charge in [-0.1, -0.05) is 18.2 Å². The molecule has 5 rings (SSSR count).